The Labute approximate surface area is 180 Å². The van der Waals surface area contributed by atoms with Crippen LogP contribution in [-0.2, 0) is 14.3 Å². The van der Waals surface area contributed by atoms with Crippen LogP contribution in [0.4, 0.5) is 13.2 Å². The number of carbonyl (C=O) groups excluding carboxylic acids is 2. The van der Waals surface area contributed by atoms with E-state index >= 15 is 4.39 Å². The van der Waals surface area contributed by atoms with E-state index in [0.717, 1.165) is 13.8 Å². The summed E-state index contributed by atoms with van der Waals surface area (Å²) in [6.07, 6.45) is -3.83. The van der Waals surface area contributed by atoms with Gasteiger partial charge in [-0.25, -0.2) is 14.0 Å². The molecule has 2 amide bonds. The summed E-state index contributed by atoms with van der Waals surface area (Å²) in [4.78, 5) is 25.7. The minimum absolute atomic E-state index is 0.0788. The quantitative estimate of drug-likeness (QED) is 0.399. The fourth-order valence-electron chi connectivity index (χ4n) is 3.99. The third-order valence-electron chi connectivity index (χ3n) is 7.26. The molecule has 0 fully saturated rings. The van der Waals surface area contributed by atoms with Gasteiger partial charge in [-0.2, -0.15) is 8.78 Å². The van der Waals surface area contributed by atoms with Gasteiger partial charge in [0.05, 0.1) is 45.9 Å². The molecule has 0 bridgehead atoms. The van der Waals surface area contributed by atoms with Crippen LogP contribution in [0.15, 0.2) is 0 Å². The predicted molar refractivity (Wildman–Crippen MR) is 113 cm³/mol. The molecule has 0 N–H and O–H groups in total. The van der Waals surface area contributed by atoms with Gasteiger partial charge in [-0.1, -0.05) is 0 Å². The number of nitrogens with zero attached hydrogens (tertiary/aromatic N) is 2. The van der Waals surface area contributed by atoms with Crippen molar-refractivity contribution in [3.63, 3.8) is 0 Å². The summed E-state index contributed by atoms with van der Waals surface area (Å²) < 4.78 is 49.5. The molecule has 0 aliphatic rings. The number of carbonyl (C=O) groups is 2. The molecule has 3 atom stereocenters. The fraction of sp³-hybridized carbons (Fsp3) is 0.909. The number of alkyl halides is 3. The maximum Gasteiger partial charge on any atom is 0.371 e. The zero-order valence-corrected chi connectivity index (χ0v) is 20.4. The van der Waals surface area contributed by atoms with E-state index in [1.54, 1.807) is 20.8 Å². The van der Waals surface area contributed by atoms with Crippen molar-refractivity contribution in [1.29, 1.82) is 0 Å². The Hall–Kier alpha value is -0.990. The van der Waals surface area contributed by atoms with Crippen LogP contribution >= 0.6 is 0 Å². The van der Waals surface area contributed by atoms with Gasteiger partial charge in [0.1, 0.15) is 11.6 Å². The number of rotatable bonds is 13. The molecule has 0 aliphatic carbocycles. The maximum absolute atomic E-state index is 15.3. The molecule has 3 unspecified atom stereocenters. The molecule has 0 aromatic rings. The second kappa shape index (κ2) is 11.0. The van der Waals surface area contributed by atoms with E-state index in [-0.39, 0.29) is 14.9 Å². The van der Waals surface area contributed by atoms with Crippen LogP contribution in [0.5, 0.6) is 0 Å². The third kappa shape index (κ3) is 5.82. The molecule has 0 radical (unpaired) electrons. The molecule has 0 spiro atoms. The Morgan fingerprint density at radius 2 is 1.03 bits per heavy atom. The van der Waals surface area contributed by atoms with E-state index in [4.69, 9.17) is 4.74 Å². The molecule has 0 rings (SSSR count). The second-order valence-electron chi connectivity index (χ2n) is 8.44. The number of hydrogen-bond acceptors (Lipinski definition) is 3. The number of amides is 2. The van der Waals surface area contributed by atoms with Crippen molar-refractivity contribution in [3.8, 4) is 0 Å². The zero-order chi connectivity index (χ0) is 24.0. The standard InChI is InChI=1S/C22H43F3N2O3/c1-10-26(11-2,12-3)19(28)17(7)21(9,23)16-30-22(24,25)18(8)20(29)27(13-4,14-5)15-6/h17-18H,10-16H2,1-9H3/q+2. The van der Waals surface area contributed by atoms with Crippen molar-refractivity contribution in [2.45, 2.75) is 74.1 Å². The van der Waals surface area contributed by atoms with Crippen molar-refractivity contribution >= 4 is 11.8 Å². The van der Waals surface area contributed by atoms with Gasteiger partial charge in [-0.3, -0.25) is 8.97 Å². The Bertz CT molecular complexity index is 507. The molecule has 178 valence electrons. The summed E-state index contributed by atoms with van der Waals surface area (Å²) >= 11 is 0. The number of hydrogen-bond donors (Lipinski definition) is 0. The number of ether oxygens (including phenoxy) is 1. The Kier molecular flexibility index (Phi) is 10.7. The molecule has 8 heteroatoms. The Morgan fingerprint density at radius 3 is 1.33 bits per heavy atom. The normalized spacial score (nSPS) is 17.3. The lowest BCUT2D eigenvalue weighted by Crippen LogP contribution is -2.59. The molecule has 0 aromatic carbocycles. The van der Waals surface area contributed by atoms with E-state index in [2.05, 4.69) is 0 Å². The van der Waals surface area contributed by atoms with E-state index in [0.29, 0.717) is 39.3 Å². The number of halogens is 3. The highest BCUT2D eigenvalue weighted by Crippen LogP contribution is 2.34. The van der Waals surface area contributed by atoms with Gasteiger partial charge in [0.15, 0.2) is 5.92 Å². The molecule has 0 aromatic heterocycles. The highest BCUT2D eigenvalue weighted by molar-refractivity contribution is 5.73. The SMILES string of the molecule is CC[N+](CC)(CC)C(=O)C(C)C(C)(F)COC(F)(F)C(C)C(=O)[N+](CC)(CC)CC. The smallest absolute Gasteiger partial charge is 0.316 e. The van der Waals surface area contributed by atoms with Crippen molar-refractivity contribution in [3.05, 3.63) is 0 Å². The Morgan fingerprint density at radius 1 is 0.733 bits per heavy atom. The van der Waals surface area contributed by atoms with Crippen LogP contribution in [0.3, 0.4) is 0 Å². The highest BCUT2D eigenvalue weighted by atomic mass is 19.3. The first-order valence-corrected chi connectivity index (χ1v) is 11.2. The molecular formula is C22H43F3N2O3+2. The average Bonchev–Trinajstić information content (AvgIpc) is 2.74. The first-order valence-electron chi connectivity index (χ1n) is 11.2. The van der Waals surface area contributed by atoms with Crippen molar-refractivity contribution in [2.24, 2.45) is 11.8 Å². The van der Waals surface area contributed by atoms with Crippen molar-refractivity contribution in [2.75, 3.05) is 45.9 Å². The average molecular weight is 441 g/mol. The summed E-state index contributed by atoms with van der Waals surface area (Å²) in [7, 11) is 0. The van der Waals surface area contributed by atoms with Gasteiger partial charge in [0.25, 0.3) is 0 Å². The zero-order valence-electron chi connectivity index (χ0n) is 20.4. The highest BCUT2D eigenvalue weighted by Gasteiger charge is 2.53. The van der Waals surface area contributed by atoms with E-state index in [9.17, 15) is 18.4 Å². The third-order valence-corrected chi connectivity index (χ3v) is 7.26. The van der Waals surface area contributed by atoms with Gasteiger partial charge < -0.3 is 4.74 Å². The lowest BCUT2D eigenvalue weighted by atomic mass is 9.90. The first kappa shape index (κ1) is 29.0. The predicted octanol–water partition coefficient (Wildman–Crippen LogP) is 4.40. The molecule has 30 heavy (non-hydrogen) atoms. The van der Waals surface area contributed by atoms with Crippen LogP contribution < -0.4 is 0 Å². The minimum Gasteiger partial charge on any atom is -0.316 e. The second-order valence-corrected chi connectivity index (χ2v) is 8.44. The minimum atomic E-state index is -3.83. The van der Waals surface area contributed by atoms with Crippen LogP contribution in [0, 0.1) is 11.8 Å². The van der Waals surface area contributed by atoms with E-state index < -0.39 is 36.1 Å². The van der Waals surface area contributed by atoms with Gasteiger partial charge in [0, 0.05) is 0 Å². The molecule has 0 aliphatic heterocycles. The van der Waals surface area contributed by atoms with Crippen LogP contribution in [0.25, 0.3) is 0 Å². The summed E-state index contributed by atoms with van der Waals surface area (Å²) in [6.45, 7) is 16.3. The fourth-order valence-corrected chi connectivity index (χ4v) is 3.99. The van der Waals surface area contributed by atoms with Gasteiger partial charge in [0.2, 0.25) is 0 Å². The maximum atomic E-state index is 15.3. The summed E-state index contributed by atoms with van der Waals surface area (Å²) in [6, 6.07) is 0. The van der Waals surface area contributed by atoms with E-state index in [1.807, 2.05) is 20.8 Å². The molecule has 0 saturated heterocycles. The van der Waals surface area contributed by atoms with Crippen LogP contribution in [0.2, 0.25) is 0 Å². The summed E-state index contributed by atoms with van der Waals surface area (Å²) in [5.74, 6) is -3.81. The number of quaternary nitrogens is 2. The van der Waals surface area contributed by atoms with Gasteiger partial charge in [-0.05, 0) is 62.3 Å². The largest absolute Gasteiger partial charge is 0.371 e. The van der Waals surface area contributed by atoms with Gasteiger partial charge in [-0.15, -0.1) is 0 Å². The topological polar surface area (TPSA) is 43.4 Å². The molecular weight excluding hydrogens is 397 g/mol. The lowest BCUT2D eigenvalue weighted by Gasteiger charge is -2.39. The Balaban J connectivity index is 5.47. The van der Waals surface area contributed by atoms with Crippen molar-refractivity contribution < 1.29 is 36.5 Å². The van der Waals surface area contributed by atoms with Crippen molar-refractivity contribution in [1.82, 2.24) is 0 Å². The monoisotopic (exact) mass is 440 g/mol. The van der Waals surface area contributed by atoms with Crippen LogP contribution in [-0.4, -0.2) is 78.4 Å². The summed E-state index contributed by atoms with van der Waals surface area (Å²) in [5.41, 5.74) is -2.29. The van der Waals surface area contributed by atoms with E-state index in [1.165, 1.54) is 6.92 Å². The molecule has 5 nitrogen and oxygen atoms in total. The summed E-state index contributed by atoms with van der Waals surface area (Å²) in [5, 5.41) is 0. The lowest BCUT2D eigenvalue weighted by molar-refractivity contribution is -0.851. The van der Waals surface area contributed by atoms with Gasteiger partial charge >= 0.3 is 17.9 Å². The van der Waals surface area contributed by atoms with Crippen LogP contribution in [0.1, 0.15) is 62.3 Å². The molecule has 0 heterocycles. The first-order chi connectivity index (χ1) is 13.7. The molecule has 0 saturated carbocycles.